The summed E-state index contributed by atoms with van der Waals surface area (Å²) in [6, 6.07) is 0.973. The first-order valence-electron chi connectivity index (χ1n) is 7.54. The van der Waals surface area contributed by atoms with Gasteiger partial charge in [-0.1, -0.05) is 33.1 Å². The van der Waals surface area contributed by atoms with Gasteiger partial charge in [0.05, 0.1) is 0 Å². The minimum atomic E-state index is 0.726. The van der Waals surface area contributed by atoms with Crippen LogP contribution < -0.4 is 0 Å². The van der Waals surface area contributed by atoms with E-state index in [2.05, 4.69) is 18.7 Å². The second kappa shape index (κ2) is 5.53. The smallest absolute Gasteiger partial charge is 0.00952 e. The summed E-state index contributed by atoms with van der Waals surface area (Å²) in [5.41, 5.74) is 0.726. The molecule has 0 N–H and O–H groups in total. The monoisotopic (exact) mass is 223 g/mol. The van der Waals surface area contributed by atoms with E-state index in [0.29, 0.717) is 0 Å². The quantitative estimate of drug-likeness (QED) is 0.674. The molecule has 0 aromatic heterocycles. The molecule has 0 unspecified atom stereocenters. The molecular formula is C15H29N. The largest absolute Gasteiger partial charge is 0.300 e. The molecule has 0 atom stereocenters. The van der Waals surface area contributed by atoms with Gasteiger partial charge in [0.2, 0.25) is 0 Å². The Morgan fingerprint density at radius 3 is 1.94 bits per heavy atom. The van der Waals surface area contributed by atoms with Gasteiger partial charge >= 0.3 is 0 Å². The summed E-state index contributed by atoms with van der Waals surface area (Å²) in [6.45, 7) is 7.50. The second-order valence-electron chi connectivity index (χ2n) is 6.12. The third-order valence-electron chi connectivity index (χ3n) is 5.01. The molecule has 2 rings (SSSR count). The Bertz CT molecular complexity index is 191. The van der Waals surface area contributed by atoms with E-state index in [1.807, 2.05) is 0 Å². The highest BCUT2D eigenvalue weighted by Crippen LogP contribution is 2.42. The maximum absolute atomic E-state index is 2.78. The van der Waals surface area contributed by atoms with Crippen LogP contribution in [0, 0.1) is 5.41 Å². The molecule has 0 amide bonds. The normalized spacial score (nSPS) is 26.6. The lowest BCUT2D eigenvalue weighted by atomic mass is 9.71. The van der Waals surface area contributed by atoms with Crippen molar-refractivity contribution < 1.29 is 0 Å². The Kier molecular flexibility index (Phi) is 4.29. The number of piperidine rings is 1. The van der Waals surface area contributed by atoms with Crippen LogP contribution in [-0.4, -0.2) is 24.0 Å². The molecule has 1 aliphatic heterocycles. The Hall–Kier alpha value is -0.0400. The fourth-order valence-electron chi connectivity index (χ4n) is 3.80. The Balaban J connectivity index is 1.84. The number of hydrogen-bond donors (Lipinski definition) is 0. The molecule has 0 radical (unpaired) electrons. The van der Waals surface area contributed by atoms with Crippen molar-refractivity contribution in [2.75, 3.05) is 13.1 Å². The van der Waals surface area contributed by atoms with E-state index >= 15 is 0 Å². The van der Waals surface area contributed by atoms with Crippen molar-refractivity contribution in [1.82, 2.24) is 4.90 Å². The van der Waals surface area contributed by atoms with Gasteiger partial charge in [-0.15, -0.1) is 0 Å². The van der Waals surface area contributed by atoms with Gasteiger partial charge in [-0.3, -0.25) is 0 Å². The molecule has 0 bridgehead atoms. The number of likely N-dealkylation sites (tertiary alicyclic amines) is 1. The van der Waals surface area contributed by atoms with E-state index in [4.69, 9.17) is 0 Å². The van der Waals surface area contributed by atoms with Crippen LogP contribution in [0.5, 0.6) is 0 Å². The van der Waals surface area contributed by atoms with Gasteiger partial charge in [-0.25, -0.2) is 0 Å². The van der Waals surface area contributed by atoms with Gasteiger partial charge in [-0.2, -0.15) is 0 Å². The van der Waals surface area contributed by atoms with Crippen molar-refractivity contribution in [2.24, 2.45) is 5.41 Å². The van der Waals surface area contributed by atoms with Crippen molar-refractivity contribution in [3.8, 4) is 0 Å². The van der Waals surface area contributed by atoms with E-state index in [9.17, 15) is 0 Å². The summed E-state index contributed by atoms with van der Waals surface area (Å²) in [7, 11) is 0. The maximum atomic E-state index is 2.78. The van der Waals surface area contributed by atoms with E-state index < -0.39 is 0 Å². The maximum Gasteiger partial charge on any atom is 0.00952 e. The summed E-state index contributed by atoms with van der Waals surface area (Å²) in [5, 5.41) is 0. The Labute approximate surface area is 102 Å². The molecule has 16 heavy (non-hydrogen) atoms. The van der Waals surface area contributed by atoms with Crippen molar-refractivity contribution >= 4 is 0 Å². The Morgan fingerprint density at radius 1 is 1.00 bits per heavy atom. The van der Waals surface area contributed by atoms with Crippen molar-refractivity contribution in [3.63, 3.8) is 0 Å². The van der Waals surface area contributed by atoms with Crippen LogP contribution in [0.2, 0.25) is 0 Å². The minimum Gasteiger partial charge on any atom is -0.300 e. The number of hydrogen-bond acceptors (Lipinski definition) is 1. The van der Waals surface area contributed by atoms with Crippen molar-refractivity contribution in [2.45, 2.75) is 77.7 Å². The predicted molar refractivity (Wildman–Crippen MR) is 70.7 cm³/mol. The summed E-state index contributed by atoms with van der Waals surface area (Å²) in [4.78, 5) is 2.78. The fourth-order valence-corrected chi connectivity index (χ4v) is 3.80. The molecule has 1 heterocycles. The van der Waals surface area contributed by atoms with Gasteiger partial charge in [0.15, 0.2) is 0 Å². The predicted octanol–water partition coefficient (Wildman–Crippen LogP) is 4.22. The van der Waals surface area contributed by atoms with Crippen LogP contribution in [0.25, 0.3) is 0 Å². The van der Waals surface area contributed by atoms with Gasteiger partial charge in [0, 0.05) is 6.04 Å². The van der Waals surface area contributed by atoms with Crippen molar-refractivity contribution in [3.05, 3.63) is 0 Å². The van der Waals surface area contributed by atoms with E-state index in [0.717, 1.165) is 11.5 Å². The molecular weight excluding hydrogens is 194 g/mol. The average molecular weight is 223 g/mol. The lowest BCUT2D eigenvalue weighted by Gasteiger charge is -2.47. The van der Waals surface area contributed by atoms with E-state index in [1.54, 1.807) is 0 Å². The molecule has 0 aromatic rings. The van der Waals surface area contributed by atoms with Gasteiger partial charge < -0.3 is 4.90 Å². The van der Waals surface area contributed by atoms with Crippen molar-refractivity contribution in [1.29, 1.82) is 0 Å². The van der Waals surface area contributed by atoms with E-state index in [1.165, 1.54) is 70.9 Å². The highest BCUT2D eigenvalue weighted by atomic mass is 15.2. The molecule has 1 nitrogen and oxygen atoms in total. The number of nitrogens with zero attached hydrogens (tertiary/aromatic N) is 1. The topological polar surface area (TPSA) is 3.24 Å². The lowest BCUT2D eigenvalue weighted by Crippen LogP contribution is -2.47. The molecule has 1 saturated carbocycles. The SMILES string of the molecule is CCCC1(CCC)CCN(C2CCC2)CC1. The third kappa shape index (κ3) is 2.61. The molecule has 1 aliphatic carbocycles. The molecule has 2 aliphatic rings. The molecule has 0 spiro atoms. The summed E-state index contributed by atoms with van der Waals surface area (Å²) in [6.07, 6.45) is 13.1. The molecule has 1 saturated heterocycles. The third-order valence-corrected chi connectivity index (χ3v) is 5.01. The highest BCUT2D eigenvalue weighted by Gasteiger charge is 2.36. The molecule has 2 fully saturated rings. The number of rotatable bonds is 5. The zero-order chi connectivity index (χ0) is 11.4. The first kappa shape index (κ1) is 12.4. The van der Waals surface area contributed by atoms with Gasteiger partial charge in [-0.05, 0) is 57.0 Å². The van der Waals surface area contributed by atoms with Crippen LogP contribution in [0.4, 0.5) is 0 Å². The van der Waals surface area contributed by atoms with Crippen LogP contribution in [0.3, 0.4) is 0 Å². The average Bonchev–Trinajstić information content (AvgIpc) is 2.20. The summed E-state index contributed by atoms with van der Waals surface area (Å²) < 4.78 is 0. The molecule has 1 heteroatoms. The van der Waals surface area contributed by atoms with Crippen LogP contribution >= 0.6 is 0 Å². The Morgan fingerprint density at radius 2 is 1.56 bits per heavy atom. The minimum absolute atomic E-state index is 0.726. The van der Waals surface area contributed by atoms with Crippen LogP contribution in [-0.2, 0) is 0 Å². The summed E-state index contributed by atoms with van der Waals surface area (Å²) in [5.74, 6) is 0. The van der Waals surface area contributed by atoms with Gasteiger partial charge in [0.1, 0.15) is 0 Å². The first-order chi connectivity index (χ1) is 7.79. The zero-order valence-corrected chi connectivity index (χ0v) is 11.3. The van der Waals surface area contributed by atoms with Crippen LogP contribution in [0.1, 0.15) is 71.6 Å². The molecule has 94 valence electrons. The highest BCUT2D eigenvalue weighted by molar-refractivity contribution is 4.89. The summed E-state index contributed by atoms with van der Waals surface area (Å²) >= 11 is 0. The zero-order valence-electron chi connectivity index (χ0n) is 11.3. The lowest BCUT2D eigenvalue weighted by molar-refractivity contribution is 0.0333. The second-order valence-corrected chi connectivity index (χ2v) is 6.12. The van der Waals surface area contributed by atoms with Gasteiger partial charge in [0.25, 0.3) is 0 Å². The standard InChI is InChI=1S/C15H29N/c1-3-8-15(9-4-2)10-12-16(13-11-15)14-6-5-7-14/h14H,3-13H2,1-2H3. The van der Waals surface area contributed by atoms with E-state index in [-0.39, 0.29) is 0 Å². The van der Waals surface area contributed by atoms with Crippen LogP contribution in [0.15, 0.2) is 0 Å². The first-order valence-corrected chi connectivity index (χ1v) is 7.54. The molecule has 0 aromatic carbocycles. The fraction of sp³-hybridized carbons (Fsp3) is 1.00.